The number of rotatable bonds is 4. The lowest BCUT2D eigenvalue weighted by atomic mass is 10.3. The van der Waals surface area contributed by atoms with Gasteiger partial charge < -0.3 is 10.5 Å². The van der Waals surface area contributed by atoms with Crippen LogP contribution < -0.4 is 10.5 Å². The van der Waals surface area contributed by atoms with Gasteiger partial charge in [0, 0.05) is 0 Å². The number of carbonyl (C=O) groups excluding carboxylic acids is 1. The maximum Gasteiger partial charge on any atom is 0.323 e. The fourth-order valence-corrected chi connectivity index (χ4v) is 2.60. The number of nitrogen functional groups attached to an aromatic ring is 1. The Morgan fingerprint density at radius 3 is 2.67 bits per heavy atom. The molecule has 0 amide bonds. The summed E-state index contributed by atoms with van der Waals surface area (Å²) in [6.45, 7) is 1.30. The second-order valence-electron chi connectivity index (χ2n) is 3.55. The van der Waals surface area contributed by atoms with E-state index in [9.17, 15) is 17.6 Å². The van der Waals surface area contributed by atoms with Crippen molar-refractivity contribution in [2.75, 3.05) is 12.8 Å². The van der Waals surface area contributed by atoms with Crippen molar-refractivity contribution >= 4 is 21.7 Å². The molecule has 18 heavy (non-hydrogen) atoms. The van der Waals surface area contributed by atoms with Crippen LogP contribution in [0.5, 0.6) is 0 Å². The van der Waals surface area contributed by atoms with Gasteiger partial charge in [-0.3, -0.25) is 4.79 Å². The molecule has 1 aromatic carbocycles. The molecule has 100 valence electrons. The summed E-state index contributed by atoms with van der Waals surface area (Å²) in [5.74, 6) is -1.50. The van der Waals surface area contributed by atoms with E-state index in [-0.39, 0.29) is 5.69 Å². The highest BCUT2D eigenvalue weighted by Crippen LogP contribution is 2.19. The molecule has 0 spiro atoms. The average Bonchev–Trinajstić information content (AvgIpc) is 2.30. The second kappa shape index (κ2) is 5.32. The third-order valence-corrected chi connectivity index (χ3v) is 3.75. The van der Waals surface area contributed by atoms with Crippen molar-refractivity contribution in [2.45, 2.75) is 17.9 Å². The number of sulfonamides is 1. The average molecular weight is 276 g/mol. The van der Waals surface area contributed by atoms with Crippen LogP contribution in [0.25, 0.3) is 0 Å². The van der Waals surface area contributed by atoms with E-state index in [0.717, 1.165) is 25.3 Å². The van der Waals surface area contributed by atoms with Crippen molar-refractivity contribution in [3.8, 4) is 0 Å². The molecule has 0 saturated carbocycles. The van der Waals surface area contributed by atoms with Crippen molar-refractivity contribution in [2.24, 2.45) is 0 Å². The van der Waals surface area contributed by atoms with Gasteiger partial charge in [0.1, 0.15) is 16.8 Å². The van der Waals surface area contributed by atoms with E-state index < -0.39 is 32.7 Å². The molecule has 0 saturated heterocycles. The van der Waals surface area contributed by atoms with E-state index in [1.54, 1.807) is 0 Å². The molecule has 0 bridgehead atoms. The zero-order valence-electron chi connectivity index (χ0n) is 9.81. The smallest absolute Gasteiger partial charge is 0.323 e. The molecule has 1 aromatic rings. The molecule has 0 aliphatic heterocycles. The number of benzene rings is 1. The van der Waals surface area contributed by atoms with E-state index in [0.29, 0.717) is 0 Å². The van der Waals surface area contributed by atoms with Crippen LogP contribution in [-0.2, 0) is 19.6 Å². The van der Waals surface area contributed by atoms with Crippen LogP contribution in [0.2, 0.25) is 0 Å². The van der Waals surface area contributed by atoms with Gasteiger partial charge in [-0.2, -0.15) is 4.72 Å². The van der Waals surface area contributed by atoms with Crippen LogP contribution in [0.4, 0.5) is 10.1 Å². The Bertz CT molecular complexity index is 559. The highest BCUT2D eigenvalue weighted by molar-refractivity contribution is 7.89. The summed E-state index contributed by atoms with van der Waals surface area (Å²) in [6.07, 6.45) is 0. The molecule has 0 aliphatic rings. The molecule has 0 heterocycles. The number of methoxy groups -OCH3 is 1. The lowest BCUT2D eigenvalue weighted by Gasteiger charge is -2.13. The molecule has 8 heteroatoms. The van der Waals surface area contributed by atoms with E-state index in [1.165, 1.54) is 6.92 Å². The van der Waals surface area contributed by atoms with Crippen LogP contribution in [0, 0.1) is 5.82 Å². The molecule has 0 radical (unpaired) electrons. The first kappa shape index (κ1) is 14.4. The minimum atomic E-state index is -4.08. The number of esters is 1. The zero-order valence-corrected chi connectivity index (χ0v) is 10.6. The van der Waals surface area contributed by atoms with Gasteiger partial charge in [0.2, 0.25) is 10.0 Å². The number of anilines is 1. The maximum atomic E-state index is 13.0. The first-order valence-electron chi connectivity index (χ1n) is 4.93. The van der Waals surface area contributed by atoms with Crippen molar-refractivity contribution in [3.05, 3.63) is 24.0 Å². The number of hydrogen-bond donors (Lipinski definition) is 2. The number of halogens is 1. The summed E-state index contributed by atoms with van der Waals surface area (Å²) in [6, 6.07) is 1.86. The summed E-state index contributed by atoms with van der Waals surface area (Å²) >= 11 is 0. The number of hydrogen-bond acceptors (Lipinski definition) is 5. The van der Waals surface area contributed by atoms with Gasteiger partial charge in [-0.1, -0.05) is 0 Å². The van der Waals surface area contributed by atoms with Crippen LogP contribution >= 0.6 is 0 Å². The van der Waals surface area contributed by atoms with Gasteiger partial charge in [0.25, 0.3) is 0 Å². The lowest BCUT2D eigenvalue weighted by Crippen LogP contribution is -2.39. The standard InChI is InChI=1S/C10H13FN2O4S/c1-6(10(14)17-2)13-18(15,16)9-5-7(11)3-4-8(9)12/h3-6,13H,12H2,1-2H3. The monoisotopic (exact) mass is 276 g/mol. The quantitative estimate of drug-likeness (QED) is 0.606. The van der Waals surface area contributed by atoms with Crippen LogP contribution in [0.3, 0.4) is 0 Å². The van der Waals surface area contributed by atoms with Crippen LogP contribution in [0.1, 0.15) is 6.92 Å². The fraction of sp³-hybridized carbons (Fsp3) is 0.300. The van der Waals surface area contributed by atoms with E-state index >= 15 is 0 Å². The van der Waals surface area contributed by atoms with Crippen molar-refractivity contribution in [1.82, 2.24) is 4.72 Å². The Morgan fingerprint density at radius 1 is 1.50 bits per heavy atom. The Morgan fingerprint density at radius 2 is 2.11 bits per heavy atom. The summed E-state index contributed by atoms with van der Waals surface area (Å²) in [5.41, 5.74) is 5.35. The first-order chi connectivity index (χ1) is 8.27. The van der Waals surface area contributed by atoms with Crippen LogP contribution in [-0.4, -0.2) is 27.5 Å². The highest BCUT2D eigenvalue weighted by atomic mass is 32.2. The van der Waals surface area contributed by atoms with E-state index in [1.807, 2.05) is 4.72 Å². The van der Waals surface area contributed by atoms with Crippen LogP contribution in [0.15, 0.2) is 23.1 Å². The molecule has 3 N–H and O–H groups in total. The predicted octanol–water partition coefficient (Wildman–Crippen LogP) is 0.248. The van der Waals surface area contributed by atoms with Crippen molar-refractivity contribution < 1.29 is 22.3 Å². The van der Waals surface area contributed by atoms with Crippen molar-refractivity contribution in [3.63, 3.8) is 0 Å². The van der Waals surface area contributed by atoms with E-state index in [4.69, 9.17) is 5.73 Å². The number of nitrogens with two attached hydrogens (primary N) is 1. The Kier molecular flexibility index (Phi) is 4.25. The molecule has 0 aromatic heterocycles. The third-order valence-electron chi connectivity index (χ3n) is 2.15. The molecule has 1 rings (SSSR count). The molecule has 0 fully saturated rings. The molecule has 0 aliphatic carbocycles. The summed E-state index contributed by atoms with van der Waals surface area (Å²) in [5, 5.41) is 0. The topological polar surface area (TPSA) is 98.5 Å². The molecule has 6 nitrogen and oxygen atoms in total. The number of nitrogens with one attached hydrogen (secondary N) is 1. The Balaban J connectivity index is 3.07. The van der Waals surface area contributed by atoms with Gasteiger partial charge in [-0.25, -0.2) is 12.8 Å². The Labute approximate surface area is 104 Å². The van der Waals surface area contributed by atoms with Gasteiger partial charge in [-0.15, -0.1) is 0 Å². The van der Waals surface area contributed by atoms with Gasteiger partial charge in [0.05, 0.1) is 12.8 Å². The SMILES string of the molecule is COC(=O)C(C)NS(=O)(=O)c1cc(F)ccc1N. The largest absolute Gasteiger partial charge is 0.468 e. The summed E-state index contributed by atoms with van der Waals surface area (Å²) in [4.78, 5) is 10.7. The third kappa shape index (κ3) is 3.17. The molecular weight excluding hydrogens is 263 g/mol. The van der Waals surface area contributed by atoms with Gasteiger partial charge in [-0.05, 0) is 25.1 Å². The zero-order chi connectivity index (χ0) is 13.9. The van der Waals surface area contributed by atoms with E-state index in [2.05, 4.69) is 4.74 Å². The summed E-state index contributed by atoms with van der Waals surface area (Å²) < 4.78 is 43.2. The van der Waals surface area contributed by atoms with Gasteiger partial charge in [0.15, 0.2) is 0 Å². The Hall–Kier alpha value is -1.67. The van der Waals surface area contributed by atoms with Gasteiger partial charge >= 0.3 is 5.97 Å². The molecule has 1 atom stereocenters. The fourth-order valence-electron chi connectivity index (χ4n) is 1.26. The summed E-state index contributed by atoms with van der Waals surface area (Å²) in [7, 11) is -2.95. The predicted molar refractivity (Wildman–Crippen MR) is 62.6 cm³/mol. The number of ether oxygens (including phenoxy) is 1. The first-order valence-corrected chi connectivity index (χ1v) is 6.41. The minimum Gasteiger partial charge on any atom is -0.468 e. The molecular formula is C10H13FN2O4S. The lowest BCUT2D eigenvalue weighted by molar-refractivity contribution is -0.142. The highest BCUT2D eigenvalue weighted by Gasteiger charge is 2.24. The van der Waals surface area contributed by atoms with Crippen molar-refractivity contribution in [1.29, 1.82) is 0 Å². The second-order valence-corrected chi connectivity index (χ2v) is 5.23. The molecule has 1 unspecified atom stereocenters. The number of carbonyl (C=O) groups is 1. The normalized spacial score (nSPS) is 13.1. The maximum absolute atomic E-state index is 13.0. The minimum absolute atomic E-state index is 0.110.